The maximum Gasteiger partial charge on any atom is 0.229 e. The van der Waals surface area contributed by atoms with Gasteiger partial charge in [0.15, 0.2) is 0 Å². The molecule has 1 saturated heterocycles. The molecule has 9 heteroatoms. The predicted molar refractivity (Wildman–Crippen MR) is 147 cm³/mol. The number of rotatable bonds is 4. The zero-order valence-corrected chi connectivity index (χ0v) is 21.5. The zero-order valence-electron chi connectivity index (χ0n) is 20.0. The number of aromatic nitrogens is 3. The second-order valence-corrected chi connectivity index (χ2v) is 10.2. The van der Waals surface area contributed by atoms with Gasteiger partial charge in [-0.1, -0.05) is 29.3 Å². The van der Waals surface area contributed by atoms with Crippen molar-refractivity contribution in [1.29, 1.82) is 0 Å². The van der Waals surface area contributed by atoms with Crippen molar-refractivity contribution >= 4 is 51.6 Å². The number of benzene rings is 2. The van der Waals surface area contributed by atoms with E-state index in [9.17, 15) is 4.79 Å². The van der Waals surface area contributed by atoms with E-state index in [1.807, 2.05) is 12.1 Å². The van der Waals surface area contributed by atoms with Crippen molar-refractivity contribution in [2.45, 2.75) is 19.4 Å². The van der Waals surface area contributed by atoms with E-state index < -0.39 is 0 Å². The average Bonchev–Trinajstić information content (AvgIpc) is 3.37. The second-order valence-electron chi connectivity index (χ2n) is 9.40. The Morgan fingerprint density at radius 3 is 2.36 bits per heavy atom. The lowest BCUT2D eigenvalue weighted by Gasteiger charge is -2.34. The van der Waals surface area contributed by atoms with Gasteiger partial charge in [0.2, 0.25) is 11.4 Å². The highest BCUT2D eigenvalue weighted by atomic mass is 35.5. The molecular weight excluding hydrogens is 495 g/mol. The molecule has 2 aliphatic rings. The number of halogens is 2. The Hall–Kier alpha value is -3.13. The smallest absolute Gasteiger partial charge is 0.229 e. The summed E-state index contributed by atoms with van der Waals surface area (Å²) >= 11 is 13.0. The van der Waals surface area contributed by atoms with Crippen LogP contribution in [-0.2, 0) is 13.0 Å². The predicted octanol–water partition coefficient (Wildman–Crippen LogP) is 5.21. The van der Waals surface area contributed by atoms with Gasteiger partial charge in [-0.05, 0) is 56.3 Å². The van der Waals surface area contributed by atoms with Crippen LogP contribution in [0.4, 0.5) is 17.3 Å². The van der Waals surface area contributed by atoms with Crippen LogP contribution < -0.4 is 15.6 Å². The molecule has 0 amide bonds. The largest absolute Gasteiger partial charge is 0.369 e. The number of pyridine rings is 1. The number of nitrogens with zero attached hydrogens (tertiary/aromatic N) is 5. The van der Waals surface area contributed by atoms with Crippen LogP contribution >= 0.6 is 23.2 Å². The van der Waals surface area contributed by atoms with E-state index in [1.165, 1.54) is 5.69 Å². The van der Waals surface area contributed by atoms with Crippen LogP contribution in [0.2, 0.25) is 10.0 Å². The van der Waals surface area contributed by atoms with E-state index >= 15 is 0 Å². The third-order valence-corrected chi connectivity index (χ3v) is 7.74. The number of piperazine rings is 1. The van der Waals surface area contributed by atoms with Crippen molar-refractivity contribution in [3.8, 4) is 11.1 Å². The summed E-state index contributed by atoms with van der Waals surface area (Å²) in [6.07, 6.45) is 3.29. The SMILES string of the molecule is CN1CCN(c2ccc(Nc3ncc4c(=O)c(-c5c(Cl)cccc5Cl)c5n(c4n3)CCC5)cc2)CC1. The Morgan fingerprint density at radius 1 is 0.917 bits per heavy atom. The van der Waals surface area contributed by atoms with Crippen LogP contribution in [0.5, 0.6) is 0 Å². The first kappa shape index (κ1) is 23.3. The summed E-state index contributed by atoms with van der Waals surface area (Å²) < 4.78 is 2.11. The molecule has 184 valence electrons. The van der Waals surface area contributed by atoms with Crippen molar-refractivity contribution in [1.82, 2.24) is 19.4 Å². The highest BCUT2D eigenvalue weighted by Gasteiger charge is 2.25. The summed E-state index contributed by atoms with van der Waals surface area (Å²) in [7, 11) is 2.16. The Morgan fingerprint density at radius 2 is 1.64 bits per heavy atom. The van der Waals surface area contributed by atoms with E-state index in [2.05, 4.69) is 43.8 Å². The molecule has 2 aromatic heterocycles. The number of hydrogen-bond acceptors (Lipinski definition) is 6. The molecule has 0 atom stereocenters. The average molecular weight is 521 g/mol. The van der Waals surface area contributed by atoms with E-state index in [4.69, 9.17) is 28.2 Å². The molecule has 0 radical (unpaired) electrons. The van der Waals surface area contributed by atoms with Crippen LogP contribution in [0, 0.1) is 0 Å². The van der Waals surface area contributed by atoms with Crippen LogP contribution in [0.1, 0.15) is 12.1 Å². The maximum absolute atomic E-state index is 13.6. The van der Waals surface area contributed by atoms with Gasteiger partial charge in [-0.25, -0.2) is 4.98 Å². The van der Waals surface area contributed by atoms with Gasteiger partial charge >= 0.3 is 0 Å². The minimum absolute atomic E-state index is 0.142. The number of nitrogens with one attached hydrogen (secondary N) is 1. The molecule has 0 aliphatic carbocycles. The zero-order chi connectivity index (χ0) is 24.8. The Balaban J connectivity index is 1.35. The summed E-state index contributed by atoms with van der Waals surface area (Å²) in [5.41, 5.74) is 4.66. The van der Waals surface area contributed by atoms with Gasteiger partial charge in [-0.15, -0.1) is 0 Å². The first-order chi connectivity index (χ1) is 17.5. The Bertz CT molecular complexity index is 1490. The fourth-order valence-electron chi connectivity index (χ4n) is 5.18. The lowest BCUT2D eigenvalue weighted by Crippen LogP contribution is -2.44. The quantitative estimate of drug-likeness (QED) is 0.398. The minimum Gasteiger partial charge on any atom is -0.369 e. The topological polar surface area (TPSA) is 66.3 Å². The van der Waals surface area contributed by atoms with Gasteiger partial charge in [-0.2, -0.15) is 4.98 Å². The molecule has 1 fully saturated rings. The van der Waals surface area contributed by atoms with Crippen LogP contribution in [-0.4, -0.2) is 52.7 Å². The van der Waals surface area contributed by atoms with E-state index in [0.717, 1.165) is 56.9 Å². The van der Waals surface area contributed by atoms with Crippen LogP contribution in [0.3, 0.4) is 0 Å². The highest BCUT2D eigenvalue weighted by Crippen LogP contribution is 2.37. The van der Waals surface area contributed by atoms with Gasteiger partial charge in [0.05, 0.1) is 21.0 Å². The summed E-state index contributed by atoms with van der Waals surface area (Å²) in [5.74, 6) is 0.458. The minimum atomic E-state index is -0.142. The molecule has 4 aromatic rings. The third-order valence-electron chi connectivity index (χ3n) is 7.11. The molecule has 4 heterocycles. The molecule has 0 bridgehead atoms. The molecule has 0 saturated carbocycles. The van der Waals surface area contributed by atoms with E-state index in [0.29, 0.717) is 38.2 Å². The van der Waals surface area contributed by atoms with Crippen LogP contribution in [0.25, 0.3) is 22.2 Å². The first-order valence-electron chi connectivity index (χ1n) is 12.2. The number of fused-ring (bicyclic) bond motifs is 3. The van der Waals surface area contributed by atoms with Crippen molar-refractivity contribution in [2.75, 3.05) is 43.4 Å². The van der Waals surface area contributed by atoms with Crippen LogP contribution in [0.15, 0.2) is 53.5 Å². The van der Waals surface area contributed by atoms with Gasteiger partial charge in [-0.3, -0.25) is 4.79 Å². The monoisotopic (exact) mass is 520 g/mol. The van der Waals surface area contributed by atoms with Crippen molar-refractivity contribution < 1.29 is 0 Å². The molecule has 1 N–H and O–H groups in total. The second kappa shape index (κ2) is 9.39. The molecule has 6 rings (SSSR count). The van der Waals surface area contributed by atoms with Gasteiger partial charge in [0, 0.05) is 61.6 Å². The van der Waals surface area contributed by atoms with Crippen molar-refractivity contribution in [3.05, 3.63) is 74.6 Å². The Kier molecular flexibility index (Phi) is 6.07. The molecule has 2 aromatic carbocycles. The normalized spacial score (nSPS) is 15.9. The molecule has 7 nitrogen and oxygen atoms in total. The molecular formula is C27H26Cl2N6O. The van der Waals surface area contributed by atoms with Crippen molar-refractivity contribution in [2.24, 2.45) is 0 Å². The fraction of sp³-hybridized carbons (Fsp3) is 0.296. The van der Waals surface area contributed by atoms with Gasteiger partial charge < -0.3 is 19.7 Å². The number of likely N-dealkylation sites (N-methyl/N-ethyl adjacent to an activating group) is 1. The summed E-state index contributed by atoms with van der Waals surface area (Å²) in [6, 6.07) is 13.6. The molecule has 36 heavy (non-hydrogen) atoms. The number of hydrogen-bond donors (Lipinski definition) is 1. The molecule has 0 spiro atoms. The van der Waals surface area contributed by atoms with E-state index in [1.54, 1.807) is 24.4 Å². The standard InChI is InChI=1S/C27H26Cl2N6O/c1-33-12-14-34(15-13-33)18-9-7-17(8-10-18)31-27-30-16-19-25(36)24(23-20(28)4-2-5-21(23)29)22-6-3-11-35(22)26(19)32-27/h2,4-5,7-10,16H,3,6,11-15H2,1H3,(H,30,31,32). The van der Waals surface area contributed by atoms with Gasteiger partial charge in [0.1, 0.15) is 5.65 Å². The molecule has 2 aliphatic heterocycles. The summed E-state index contributed by atoms with van der Waals surface area (Å²) in [5, 5.41) is 4.69. The van der Waals surface area contributed by atoms with E-state index in [-0.39, 0.29) is 5.43 Å². The summed E-state index contributed by atoms with van der Waals surface area (Å²) in [4.78, 5) is 27.6. The Labute approximate surface area is 219 Å². The maximum atomic E-state index is 13.6. The first-order valence-corrected chi connectivity index (χ1v) is 12.9. The summed E-state index contributed by atoms with van der Waals surface area (Å²) in [6.45, 7) is 4.96. The number of anilines is 3. The van der Waals surface area contributed by atoms with Gasteiger partial charge in [0.25, 0.3) is 0 Å². The lowest BCUT2D eigenvalue weighted by atomic mass is 10.0. The van der Waals surface area contributed by atoms with Crippen molar-refractivity contribution in [3.63, 3.8) is 0 Å². The molecule has 0 unspecified atom stereocenters. The third kappa shape index (κ3) is 4.11. The highest BCUT2D eigenvalue weighted by molar-refractivity contribution is 6.39. The lowest BCUT2D eigenvalue weighted by molar-refractivity contribution is 0.313. The number of aryl methyl sites for hydroxylation is 1. The fourth-order valence-corrected chi connectivity index (χ4v) is 5.76.